The lowest BCUT2D eigenvalue weighted by molar-refractivity contribution is 0.0785. The Bertz CT molecular complexity index is 475. The topological polar surface area (TPSA) is 73.9 Å². The number of ether oxygens (including phenoxy) is 3. The molecular weight excluding hydrogens is 270 g/mol. The Hall–Kier alpha value is -1.31. The van der Waals surface area contributed by atoms with Crippen molar-refractivity contribution in [2.24, 2.45) is 0 Å². The van der Waals surface area contributed by atoms with E-state index in [2.05, 4.69) is 4.72 Å². The fourth-order valence-corrected chi connectivity index (χ4v) is 2.26. The first-order valence-corrected chi connectivity index (χ1v) is 7.44. The summed E-state index contributed by atoms with van der Waals surface area (Å²) in [6.45, 7) is 0.956. The van der Waals surface area contributed by atoms with Gasteiger partial charge in [0.25, 0.3) is 0 Å². The van der Waals surface area contributed by atoms with Gasteiger partial charge in [-0.2, -0.15) is 0 Å². The lowest BCUT2D eigenvalue weighted by atomic mass is 10.3. The first-order chi connectivity index (χ1) is 9.07. The van der Waals surface area contributed by atoms with E-state index >= 15 is 0 Å². The molecule has 0 heterocycles. The third-order valence-corrected chi connectivity index (χ3v) is 3.52. The summed E-state index contributed by atoms with van der Waals surface area (Å²) < 4.78 is 40.9. The molecule has 0 aliphatic carbocycles. The summed E-state index contributed by atoms with van der Waals surface area (Å²) in [5.74, 6) is 0.491. The molecule has 0 spiro atoms. The predicted octanol–water partition coefficient (Wildman–Crippen LogP) is 1.10. The fraction of sp³-hybridized carbons (Fsp3) is 0.500. The minimum atomic E-state index is -3.42. The highest BCUT2D eigenvalue weighted by Crippen LogP contribution is 2.17. The summed E-state index contributed by atoms with van der Waals surface area (Å²) in [5, 5.41) is 0. The number of hydrogen-bond acceptors (Lipinski definition) is 5. The van der Waals surface area contributed by atoms with Gasteiger partial charge in [0.2, 0.25) is 10.0 Å². The number of nitrogens with one attached hydrogen (secondary N) is 1. The molecule has 0 bridgehead atoms. The van der Waals surface area contributed by atoms with Crippen LogP contribution in [0.25, 0.3) is 0 Å². The second kappa shape index (κ2) is 7.98. The third-order valence-electron chi connectivity index (χ3n) is 2.27. The van der Waals surface area contributed by atoms with Crippen molar-refractivity contribution in [1.29, 1.82) is 0 Å². The molecule has 0 radical (unpaired) electrons. The lowest BCUT2D eigenvalue weighted by Crippen LogP contribution is -2.20. The molecule has 7 heteroatoms. The van der Waals surface area contributed by atoms with Crippen LogP contribution in [0.15, 0.2) is 24.3 Å². The molecule has 0 saturated heterocycles. The summed E-state index contributed by atoms with van der Waals surface area (Å²) in [5.41, 5.74) is 0.469. The fourth-order valence-electron chi connectivity index (χ4n) is 1.33. The van der Waals surface area contributed by atoms with Gasteiger partial charge < -0.3 is 14.2 Å². The molecule has 108 valence electrons. The van der Waals surface area contributed by atoms with Crippen LogP contribution in [-0.2, 0) is 19.5 Å². The van der Waals surface area contributed by atoms with E-state index in [4.69, 9.17) is 14.2 Å². The van der Waals surface area contributed by atoms with Crippen molar-refractivity contribution in [2.45, 2.75) is 0 Å². The number of methoxy groups -OCH3 is 2. The second-order valence-electron chi connectivity index (χ2n) is 3.76. The molecule has 1 aromatic rings. The van der Waals surface area contributed by atoms with E-state index in [1.54, 1.807) is 31.4 Å². The van der Waals surface area contributed by atoms with Crippen LogP contribution in [0.5, 0.6) is 5.75 Å². The van der Waals surface area contributed by atoms with Crippen LogP contribution in [-0.4, -0.2) is 48.2 Å². The van der Waals surface area contributed by atoms with Gasteiger partial charge >= 0.3 is 0 Å². The number of benzene rings is 1. The van der Waals surface area contributed by atoms with Gasteiger partial charge in [0.15, 0.2) is 0 Å². The van der Waals surface area contributed by atoms with Crippen molar-refractivity contribution >= 4 is 15.7 Å². The first kappa shape index (κ1) is 15.7. The van der Waals surface area contributed by atoms with Crippen LogP contribution in [0.1, 0.15) is 0 Å². The van der Waals surface area contributed by atoms with Crippen molar-refractivity contribution in [3.8, 4) is 5.75 Å². The number of hydrogen-bond donors (Lipinski definition) is 1. The average molecular weight is 289 g/mol. The zero-order chi connectivity index (χ0) is 14.1. The van der Waals surface area contributed by atoms with Crippen LogP contribution in [0.2, 0.25) is 0 Å². The molecule has 0 amide bonds. The number of rotatable bonds is 9. The molecule has 0 fully saturated rings. The largest absolute Gasteiger partial charge is 0.497 e. The zero-order valence-electron chi connectivity index (χ0n) is 11.1. The molecule has 6 nitrogen and oxygen atoms in total. The summed E-state index contributed by atoms with van der Waals surface area (Å²) in [7, 11) is -0.333. The Labute approximate surface area is 113 Å². The highest BCUT2D eigenvalue weighted by Gasteiger charge is 2.10. The molecule has 1 aromatic carbocycles. The molecule has 0 aliphatic heterocycles. The molecule has 0 atom stereocenters. The quantitative estimate of drug-likeness (QED) is 0.689. The standard InChI is InChI=1S/C12H19NO5S/c1-16-6-7-18-8-9-19(14,15)13-11-4-3-5-12(10-11)17-2/h3-5,10,13H,6-9H2,1-2H3. The van der Waals surface area contributed by atoms with E-state index in [0.717, 1.165) is 0 Å². The van der Waals surface area contributed by atoms with Crippen molar-refractivity contribution < 1.29 is 22.6 Å². The van der Waals surface area contributed by atoms with E-state index in [1.807, 2.05) is 0 Å². The van der Waals surface area contributed by atoms with Gasteiger partial charge in [-0.05, 0) is 12.1 Å². The highest BCUT2D eigenvalue weighted by atomic mass is 32.2. The molecule has 19 heavy (non-hydrogen) atoms. The second-order valence-corrected chi connectivity index (χ2v) is 5.60. The van der Waals surface area contributed by atoms with Crippen molar-refractivity contribution in [2.75, 3.05) is 44.5 Å². The summed E-state index contributed by atoms with van der Waals surface area (Å²) in [6.07, 6.45) is 0. The lowest BCUT2D eigenvalue weighted by Gasteiger charge is -2.09. The van der Waals surface area contributed by atoms with Gasteiger partial charge in [-0.25, -0.2) is 8.42 Å². The van der Waals surface area contributed by atoms with E-state index < -0.39 is 10.0 Å². The molecule has 1 rings (SSSR count). The Morgan fingerprint density at radius 1 is 1.16 bits per heavy atom. The average Bonchev–Trinajstić information content (AvgIpc) is 2.38. The Morgan fingerprint density at radius 2 is 1.95 bits per heavy atom. The molecule has 0 unspecified atom stereocenters. The van der Waals surface area contributed by atoms with Crippen LogP contribution in [0.4, 0.5) is 5.69 Å². The van der Waals surface area contributed by atoms with E-state index in [0.29, 0.717) is 24.7 Å². The normalized spacial score (nSPS) is 11.3. The monoisotopic (exact) mass is 289 g/mol. The smallest absolute Gasteiger partial charge is 0.235 e. The molecule has 0 aromatic heterocycles. The summed E-state index contributed by atoms with van der Waals surface area (Å²) >= 11 is 0. The maximum atomic E-state index is 11.8. The van der Waals surface area contributed by atoms with Gasteiger partial charge in [0, 0.05) is 13.2 Å². The van der Waals surface area contributed by atoms with Crippen LogP contribution >= 0.6 is 0 Å². The van der Waals surface area contributed by atoms with Crippen LogP contribution in [0.3, 0.4) is 0 Å². The first-order valence-electron chi connectivity index (χ1n) is 5.78. The van der Waals surface area contributed by atoms with Gasteiger partial charge in [0.1, 0.15) is 5.75 Å². The maximum absolute atomic E-state index is 11.8. The Balaban J connectivity index is 2.45. The number of anilines is 1. The van der Waals surface area contributed by atoms with E-state index in [-0.39, 0.29) is 12.4 Å². The predicted molar refractivity (Wildman–Crippen MR) is 73.1 cm³/mol. The summed E-state index contributed by atoms with van der Waals surface area (Å²) in [6, 6.07) is 6.73. The van der Waals surface area contributed by atoms with Crippen molar-refractivity contribution in [1.82, 2.24) is 0 Å². The third kappa shape index (κ3) is 6.42. The number of sulfonamides is 1. The van der Waals surface area contributed by atoms with Crippen molar-refractivity contribution in [3.05, 3.63) is 24.3 Å². The van der Waals surface area contributed by atoms with Crippen LogP contribution in [0, 0.1) is 0 Å². The Morgan fingerprint density at radius 3 is 2.63 bits per heavy atom. The van der Waals surface area contributed by atoms with Gasteiger partial charge in [-0.15, -0.1) is 0 Å². The molecular formula is C12H19NO5S. The minimum absolute atomic E-state index is 0.103. The molecule has 0 saturated carbocycles. The summed E-state index contributed by atoms with van der Waals surface area (Å²) in [4.78, 5) is 0. The molecule has 1 N–H and O–H groups in total. The zero-order valence-corrected chi connectivity index (χ0v) is 11.9. The Kier molecular flexibility index (Phi) is 6.61. The van der Waals surface area contributed by atoms with Crippen molar-refractivity contribution in [3.63, 3.8) is 0 Å². The molecule has 0 aliphatic rings. The van der Waals surface area contributed by atoms with Gasteiger partial charge in [0.05, 0.1) is 38.4 Å². The minimum Gasteiger partial charge on any atom is -0.497 e. The van der Waals surface area contributed by atoms with E-state index in [1.165, 1.54) is 7.11 Å². The maximum Gasteiger partial charge on any atom is 0.235 e. The van der Waals surface area contributed by atoms with E-state index in [9.17, 15) is 8.42 Å². The SMILES string of the molecule is COCCOCCS(=O)(=O)Nc1cccc(OC)c1. The van der Waals surface area contributed by atoms with Crippen LogP contribution < -0.4 is 9.46 Å². The van der Waals surface area contributed by atoms with Gasteiger partial charge in [-0.3, -0.25) is 4.72 Å². The highest BCUT2D eigenvalue weighted by molar-refractivity contribution is 7.92. The van der Waals surface area contributed by atoms with Gasteiger partial charge in [-0.1, -0.05) is 6.07 Å².